The number of hydrogen-bond donors (Lipinski definition) is 3. The van der Waals surface area contributed by atoms with Crippen LogP contribution in [0.1, 0.15) is 6.92 Å². The van der Waals surface area contributed by atoms with E-state index < -0.39 is 0 Å². The lowest BCUT2D eigenvalue weighted by molar-refractivity contribution is 0.340. The molecule has 0 unspecified atom stereocenters. The molecule has 6 heteroatoms. The van der Waals surface area contributed by atoms with Gasteiger partial charge in [-0.25, -0.2) is 0 Å². The molecule has 144 valence electrons. The van der Waals surface area contributed by atoms with E-state index in [9.17, 15) is 0 Å². The summed E-state index contributed by atoms with van der Waals surface area (Å²) in [6.07, 6.45) is 0. The zero-order valence-corrected chi connectivity index (χ0v) is 16.7. The maximum atomic E-state index is 5.44. The van der Waals surface area contributed by atoms with Crippen LogP contribution < -0.4 is 25.4 Å². The fourth-order valence-electron chi connectivity index (χ4n) is 2.57. The minimum Gasteiger partial charge on any atom is -0.497 e. The van der Waals surface area contributed by atoms with Gasteiger partial charge >= 0.3 is 0 Å². The number of anilines is 4. The molecular weight excluding hydrogens is 370 g/mol. The van der Waals surface area contributed by atoms with Gasteiger partial charge in [0.2, 0.25) is 0 Å². The number of methoxy groups -OCH3 is 1. The maximum Gasteiger partial charge on any atom is 0.175 e. The summed E-state index contributed by atoms with van der Waals surface area (Å²) >= 11 is 5.38. The van der Waals surface area contributed by atoms with Crippen LogP contribution in [0, 0.1) is 0 Å². The van der Waals surface area contributed by atoms with Crippen molar-refractivity contribution in [2.75, 3.05) is 29.7 Å². The Morgan fingerprint density at radius 1 is 0.714 bits per heavy atom. The van der Waals surface area contributed by atoms with Crippen LogP contribution in [-0.2, 0) is 0 Å². The summed E-state index contributed by atoms with van der Waals surface area (Å²) in [5, 5.41) is 10.2. The summed E-state index contributed by atoms with van der Waals surface area (Å²) in [5.74, 6) is 1.67. The van der Waals surface area contributed by atoms with Crippen LogP contribution in [0.3, 0.4) is 0 Å². The molecule has 0 fully saturated rings. The fraction of sp³-hybridized carbons (Fsp3) is 0.136. The molecule has 0 saturated carbocycles. The Labute approximate surface area is 170 Å². The minimum absolute atomic E-state index is 0.528. The number of nitrogens with one attached hydrogen (secondary N) is 3. The molecule has 0 saturated heterocycles. The van der Waals surface area contributed by atoms with Crippen molar-refractivity contribution in [1.29, 1.82) is 0 Å². The lowest BCUT2D eigenvalue weighted by atomic mass is 10.2. The number of hydrogen-bond acceptors (Lipinski definition) is 4. The van der Waals surface area contributed by atoms with Gasteiger partial charge in [0, 0.05) is 22.7 Å². The molecule has 3 aromatic rings. The normalized spacial score (nSPS) is 10.1. The molecule has 0 amide bonds. The quantitative estimate of drug-likeness (QED) is 0.451. The molecule has 0 aliphatic rings. The lowest BCUT2D eigenvalue weighted by Crippen LogP contribution is -2.18. The van der Waals surface area contributed by atoms with Gasteiger partial charge in [-0.2, -0.15) is 0 Å². The predicted octanol–water partition coefficient (Wildman–Crippen LogP) is 5.65. The first-order valence-electron chi connectivity index (χ1n) is 8.98. The highest BCUT2D eigenvalue weighted by Gasteiger charge is 2.01. The number of ether oxygens (including phenoxy) is 2. The highest BCUT2D eigenvalue weighted by Crippen LogP contribution is 2.22. The molecule has 0 aliphatic heterocycles. The summed E-state index contributed by atoms with van der Waals surface area (Å²) in [7, 11) is 1.66. The summed E-state index contributed by atoms with van der Waals surface area (Å²) in [6, 6.07) is 23.4. The number of rotatable bonds is 7. The van der Waals surface area contributed by atoms with Crippen LogP contribution in [0.4, 0.5) is 22.7 Å². The van der Waals surface area contributed by atoms with Gasteiger partial charge in [0.15, 0.2) is 5.11 Å². The second kappa shape index (κ2) is 9.62. The summed E-state index contributed by atoms with van der Waals surface area (Å²) < 4.78 is 10.6. The molecule has 3 aromatic carbocycles. The van der Waals surface area contributed by atoms with E-state index in [1.54, 1.807) is 7.11 Å². The molecule has 3 N–H and O–H groups in total. The van der Waals surface area contributed by atoms with Gasteiger partial charge < -0.3 is 25.4 Å². The Kier molecular flexibility index (Phi) is 6.70. The first-order chi connectivity index (χ1) is 13.7. The zero-order chi connectivity index (χ0) is 19.8. The maximum absolute atomic E-state index is 5.44. The third kappa shape index (κ3) is 5.62. The molecule has 0 aliphatic carbocycles. The van der Waals surface area contributed by atoms with Gasteiger partial charge in [-0.3, -0.25) is 0 Å². The molecule has 0 atom stereocenters. The molecule has 3 rings (SSSR count). The molecule has 5 nitrogen and oxygen atoms in total. The van der Waals surface area contributed by atoms with E-state index in [1.165, 1.54) is 0 Å². The molecule has 0 heterocycles. The number of benzene rings is 3. The predicted molar refractivity (Wildman–Crippen MR) is 120 cm³/mol. The summed E-state index contributed by atoms with van der Waals surface area (Å²) in [4.78, 5) is 0. The van der Waals surface area contributed by atoms with Crippen LogP contribution in [0.15, 0.2) is 72.8 Å². The third-order valence-corrected chi connectivity index (χ3v) is 4.15. The van der Waals surface area contributed by atoms with E-state index in [0.29, 0.717) is 11.7 Å². The Morgan fingerprint density at radius 3 is 1.64 bits per heavy atom. The smallest absolute Gasteiger partial charge is 0.175 e. The molecule has 28 heavy (non-hydrogen) atoms. The largest absolute Gasteiger partial charge is 0.497 e. The van der Waals surface area contributed by atoms with Gasteiger partial charge in [0.1, 0.15) is 11.5 Å². The minimum atomic E-state index is 0.528. The molecule has 0 spiro atoms. The average Bonchev–Trinajstić information content (AvgIpc) is 2.72. The first-order valence-corrected chi connectivity index (χ1v) is 9.39. The van der Waals surface area contributed by atoms with E-state index in [-0.39, 0.29) is 0 Å². The van der Waals surface area contributed by atoms with Gasteiger partial charge in [-0.05, 0) is 91.9 Å². The Balaban J connectivity index is 1.53. The van der Waals surface area contributed by atoms with Crippen molar-refractivity contribution in [3.8, 4) is 11.5 Å². The van der Waals surface area contributed by atoms with Crippen LogP contribution in [-0.4, -0.2) is 18.8 Å². The van der Waals surface area contributed by atoms with Gasteiger partial charge in [0.05, 0.1) is 13.7 Å². The van der Waals surface area contributed by atoms with E-state index in [2.05, 4.69) is 16.0 Å². The monoisotopic (exact) mass is 393 g/mol. The van der Waals surface area contributed by atoms with Crippen molar-refractivity contribution in [2.24, 2.45) is 0 Å². The van der Waals surface area contributed by atoms with Crippen LogP contribution in [0.2, 0.25) is 0 Å². The van der Waals surface area contributed by atoms with Crippen molar-refractivity contribution in [1.82, 2.24) is 0 Å². The van der Waals surface area contributed by atoms with E-state index >= 15 is 0 Å². The van der Waals surface area contributed by atoms with E-state index in [0.717, 1.165) is 34.2 Å². The van der Waals surface area contributed by atoms with Crippen LogP contribution >= 0.6 is 12.2 Å². The molecule has 0 aromatic heterocycles. The van der Waals surface area contributed by atoms with Crippen LogP contribution in [0.5, 0.6) is 11.5 Å². The van der Waals surface area contributed by atoms with E-state index in [4.69, 9.17) is 21.7 Å². The summed E-state index contributed by atoms with van der Waals surface area (Å²) in [5.41, 5.74) is 3.79. The molecule has 0 radical (unpaired) electrons. The SMILES string of the molecule is CCOc1ccc(NC(=S)Nc2ccc(Nc3ccc(OC)cc3)cc2)cc1. The second-order valence-electron chi connectivity index (χ2n) is 5.97. The number of thiocarbonyl (C=S) groups is 1. The van der Waals surface area contributed by atoms with Gasteiger partial charge in [0.25, 0.3) is 0 Å². The second-order valence-corrected chi connectivity index (χ2v) is 6.38. The van der Waals surface area contributed by atoms with Crippen molar-refractivity contribution in [3.05, 3.63) is 72.8 Å². The van der Waals surface area contributed by atoms with Crippen molar-refractivity contribution >= 4 is 40.1 Å². The average molecular weight is 394 g/mol. The Bertz CT molecular complexity index is 895. The van der Waals surface area contributed by atoms with Crippen molar-refractivity contribution in [2.45, 2.75) is 6.92 Å². The fourth-order valence-corrected chi connectivity index (χ4v) is 2.81. The highest BCUT2D eigenvalue weighted by molar-refractivity contribution is 7.80. The zero-order valence-electron chi connectivity index (χ0n) is 15.9. The first kappa shape index (κ1) is 19.5. The lowest BCUT2D eigenvalue weighted by Gasteiger charge is -2.12. The van der Waals surface area contributed by atoms with E-state index in [1.807, 2.05) is 79.7 Å². The highest BCUT2D eigenvalue weighted by atomic mass is 32.1. The molecule has 0 bridgehead atoms. The standard InChI is InChI=1S/C22H23N3O2S/c1-3-27-21-14-10-19(11-15-21)25-22(28)24-18-6-4-16(5-7-18)23-17-8-12-20(26-2)13-9-17/h4-15,23H,3H2,1-2H3,(H2,24,25,28). The summed E-state index contributed by atoms with van der Waals surface area (Å²) in [6.45, 7) is 2.61. The third-order valence-electron chi connectivity index (χ3n) is 3.94. The van der Waals surface area contributed by atoms with Crippen molar-refractivity contribution in [3.63, 3.8) is 0 Å². The Hall–Kier alpha value is -3.25. The van der Waals surface area contributed by atoms with Crippen LogP contribution in [0.25, 0.3) is 0 Å². The van der Waals surface area contributed by atoms with Crippen molar-refractivity contribution < 1.29 is 9.47 Å². The molecular formula is C22H23N3O2S. The van der Waals surface area contributed by atoms with Gasteiger partial charge in [-0.15, -0.1) is 0 Å². The Morgan fingerprint density at radius 2 is 1.14 bits per heavy atom. The van der Waals surface area contributed by atoms with Gasteiger partial charge in [-0.1, -0.05) is 0 Å². The topological polar surface area (TPSA) is 54.5 Å².